The predicted octanol–water partition coefficient (Wildman–Crippen LogP) is 2.57. The van der Waals surface area contributed by atoms with Gasteiger partial charge in [-0.15, -0.1) is 0 Å². The Labute approximate surface area is 179 Å². The maximum Gasteiger partial charge on any atom is 0.267 e. The summed E-state index contributed by atoms with van der Waals surface area (Å²) in [7, 11) is 0. The van der Waals surface area contributed by atoms with Crippen molar-refractivity contribution in [1.29, 1.82) is 0 Å². The summed E-state index contributed by atoms with van der Waals surface area (Å²) < 4.78 is 17.5. The molecule has 8 heteroatoms. The van der Waals surface area contributed by atoms with Crippen LogP contribution in [0.1, 0.15) is 13.8 Å². The van der Waals surface area contributed by atoms with Crippen molar-refractivity contribution in [3.05, 3.63) is 71.0 Å². The van der Waals surface area contributed by atoms with Crippen LogP contribution in [0, 0.1) is 0 Å². The number of para-hydroxylation sites is 1. The van der Waals surface area contributed by atoms with Gasteiger partial charge in [-0.1, -0.05) is 18.2 Å². The van der Waals surface area contributed by atoms with Gasteiger partial charge in [-0.25, -0.2) is 4.68 Å². The number of carbonyl (C=O) groups excluding carboxylic acids is 1. The lowest BCUT2D eigenvalue weighted by Crippen LogP contribution is -2.50. The zero-order chi connectivity index (χ0) is 21.8. The molecule has 1 N–H and O–H groups in total. The van der Waals surface area contributed by atoms with Crippen LogP contribution in [0.25, 0.3) is 11.3 Å². The number of hydrogen-bond donors (Lipinski definition) is 1. The van der Waals surface area contributed by atoms with Crippen molar-refractivity contribution in [3.63, 3.8) is 0 Å². The van der Waals surface area contributed by atoms with E-state index in [9.17, 15) is 9.59 Å². The van der Waals surface area contributed by atoms with Crippen molar-refractivity contribution in [1.82, 2.24) is 15.1 Å². The Morgan fingerprint density at radius 1 is 1.10 bits per heavy atom. The highest BCUT2D eigenvalue weighted by Crippen LogP contribution is 2.35. The van der Waals surface area contributed by atoms with Crippen LogP contribution in [-0.2, 0) is 10.3 Å². The fourth-order valence-corrected chi connectivity index (χ4v) is 3.18. The molecule has 1 amide bonds. The van der Waals surface area contributed by atoms with Gasteiger partial charge in [0, 0.05) is 11.6 Å². The fraction of sp³-hybridized carbons (Fsp3) is 0.261. The first-order valence-electron chi connectivity index (χ1n) is 9.92. The Hall–Kier alpha value is -3.81. The van der Waals surface area contributed by atoms with Gasteiger partial charge in [0.1, 0.15) is 17.9 Å². The third kappa shape index (κ3) is 4.37. The number of carbonyl (C=O) groups is 1. The Bertz CT molecular complexity index is 1140. The molecule has 1 aliphatic rings. The van der Waals surface area contributed by atoms with Crippen LogP contribution in [-0.4, -0.2) is 35.6 Å². The molecule has 160 valence electrons. The summed E-state index contributed by atoms with van der Waals surface area (Å²) in [5, 5.41) is 7.26. The molecule has 1 aliphatic heterocycles. The van der Waals surface area contributed by atoms with Gasteiger partial charge in [-0.3, -0.25) is 9.59 Å². The van der Waals surface area contributed by atoms with E-state index in [2.05, 4.69) is 10.4 Å². The zero-order valence-electron chi connectivity index (χ0n) is 17.3. The second-order valence-corrected chi connectivity index (χ2v) is 7.51. The van der Waals surface area contributed by atoms with Crippen LogP contribution in [0.4, 0.5) is 0 Å². The van der Waals surface area contributed by atoms with E-state index in [0.29, 0.717) is 30.3 Å². The number of amides is 1. The number of nitrogens with one attached hydrogen (secondary N) is 1. The highest BCUT2D eigenvalue weighted by Gasteiger charge is 2.32. The number of nitrogens with zero attached hydrogens (tertiary/aromatic N) is 2. The van der Waals surface area contributed by atoms with E-state index in [1.54, 1.807) is 32.0 Å². The second-order valence-electron chi connectivity index (χ2n) is 7.51. The first-order chi connectivity index (χ1) is 14.9. The molecule has 0 unspecified atom stereocenters. The van der Waals surface area contributed by atoms with Gasteiger partial charge in [0.2, 0.25) is 12.7 Å². The topological polar surface area (TPSA) is 91.7 Å². The molecule has 2 heterocycles. The van der Waals surface area contributed by atoms with Gasteiger partial charge in [-0.05, 0) is 50.2 Å². The number of hydrogen-bond acceptors (Lipinski definition) is 6. The van der Waals surface area contributed by atoms with E-state index < -0.39 is 5.54 Å². The maximum atomic E-state index is 12.8. The first kappa shape index (κ1) is 20.5. The fourth-order valence-electron chi connectivity index (χ4n) is 3.18. The lowest BCUT2D eigenvalue weighted by atomic mass is 10.0. The molecule has 4 rings (SSSR count). The molecule has 8 nitrogen and oxygen atoms in total. The Morgan fingerprint density at radius 2 is 1.87 bits per heavy atom. The van der Waals surface area contributed by atoms with E-state index in [4.69, 9.17) is 14.2 Å². The van der Waals surface area contributed by atoms with Gasteiger partial charge in [0.05, 0.1) is 12.2 Å². The number of fused-ring (bicyclic) bond motifs is 1. The Balaban J connectivity index is 1.47. The SMILES string of the molecule is CC(C)(C(=O)NCCOc1ccccc1)n1nc(-c2ccc3c(c2)OCO3)ccc1=O. The summed E-state index contributed by atoms with van der Waals surface area (Å²) in [4.78, 5) is 25.3. The quantitative estimate of drug-likeness (QED) is 0.590. The average Bonchev–Trinajstić information content (AvgIpc) is 3.25. The Kier molecular flexibility index (Phi) is 5.62. The predicted molar refractivity (Wildman–Crippen MR) is 114 cm³/mol. The van der Waals surface area contributed by atoms with Crippen LogP contribution >= 0.6 is 0 Å². The molecule has 0 aliphatic carbocycles. The molecule has 0 saturated carbocycles. The van der Waals surface area contributed by atoms with Gasteiger partial charge in [-0.2, -0.15) is 5.10 Å². The maximum absolute atomic E-state index is 12.8. The normalized spacial score (nSPS) is 12.5. The largest absolute Gasteiger partial charge is 0.492 e. The molecule has 0 atom stereocenters. The van der Waals surface area contributed by atoms with E-state index in [-0.39, 0.29) is 18.3 Å². The standard InChI is InChI=1S/C23H23N3O5/c1-23(2,22(28)24-12-13-29-17-6-4-3-5-7-17)26-21(27)11-9-18(25-26)16-8-10-19-20(14-16)31-15-30-19/h3-11,14H,12-13,15H2,1-2H3,(H,24,28). The van der Waals surface area contributed by atoms with Crippen LogP contribution in [0.3, 0.4) is 0 Å². The molecular weight excluding hydrogens is 398 g/mol. The molecule has 0 spiro atoms. The summed E-state index contributed by atoms with van der Waals surface area (Å²) in [6.45, 7) is 4.09. The summed E-state index contributed by atoms with van der Waals surface area (Å²) >= 11 is 0. The van der Waals surface area contributed by atoms with Crippen molar-refractivity contribution < 1.29 is 19.0 Å². The molecule has 1 aromatic heterocycles. The minimum absolute atomic E-state index is 0.174. The summed E-state index contributed by atoms with van der Waals surface area (Å²) in [5.74, 6) is 1.67. The molecule has 3 aromatic rings. The summed E-state index contributed by atoms with van der Waals surface area (Å²) in [6.07, 6.45) is 0. The van der Waals surface area contributed by atoms with Crippen LogP contribution in [0.5, 0.6) is 17.2 Å². The van der Waals surface area contributed by atoms with Crippen molar-refractivity contribution in [2.45, 2.75) is 19.4 Å². The number of benzene rings is 2. The zero-order valence-corrected chi connectivity index (χ0v) is 17.3. The minimum atomic E-state index is -1.20. The van der Waals surface area contributed by atoms with Gasteiger partial charge < -0.3 is 19.5 Å². The molecule has 0 saturated heterocycles. The molecule has 31 heavy (non-hydrogen) atoms. The van der Waals surface area contributed by atoms with E-state index in [0.717, 1.165) is 11.3 Å². The second kappa shape index (κ2) is 8.51. The number of ether oxygens (including phenoxy) is 3. The summed E-state index contributed by atoms with van der Waals surface area (Å²) in [5.41, 5.74) is -0.266. The van der Waals surface area contributed by atoms with Crippen molar-refractivity contribution >= 4 is 5.91 Å². The Morgan fingerprint density at radius 3 is 2.68 bits per heavy atom. The van der Waals surface area contributed by atoms with Gasteiger partial charge >= 0.3 is 0 Å². The van der Waals surface area contributed by atoms with Crippen LogP contribution < -0.4 is 25.1 Å². The molecule has 0 bridgehead atoms. The average molecular weight is 421 g/mol. The number of aromatic nitrogens is 2. The molecular formula is C23H23N3O5. The van der Waals surface area contributed by atoms with E-state index >= 15 is 0 Å². The van der Waals surface area contributed by atoms with Crippen molar-refractivity contribution in [2.75, 3.05) is 19.9 Å². The van der Waals surface area contributed by atoms with E-state index in [1.807, 2.05) is 36.4 Å². The lowest BCUT2D eigenvalue weighted by Gasteiger charge is -2.25. The van der Waals surface area contributed by atoms with Crippen molar-refractivity contribution in [3.8, 4) is 28.5 Å². The third-order valence-electron chi connectivity index (χ3n) is 4.95. The smallest absolute Gasteiger partial charge is 0.267 e. The first-order valence-corrected chi connectivity index (χ1v) is 9.92. The van der Waals surface area contributed by atoms with Gasteiger partial charge in [0.15, 0.2) is 11.5 Å². The highest BCUT2D eigenvalue weighted by atomic mass is 16.7. The van der Waals surface area contributed by atoms with E-state index in [1.165, 1.54) is 10.7 Å². The monoisotopic (exact) mass is 421 g/mol. The lowest BCUT2D eigenvalue weighted by molar-refractivity contribution is -0.129. The highest BCUT2D eigenvalue weighted by molar-refractivity contribution is 5.83. The summed E-state index contributed by atoms with van der Waals surface area (Å²) in [6, 6.07) is 17.8. The van der Waals surface area contributed by atoms with Gasteiger partial charge in [0.25, 0.3) is 5.56 Å². The minimum Gasteiger partial charge on any atom is -0.492 e. The van der Waals surface area contributed by atoms with Crippen LogP contribution in [0.15, 0.2) is 65.5 Å². The molecule has 0 fully saturated rings. The van der Waals surface area contributed by atoms with Crippen molar-refractivity contribution in [2.24, 2.45) is 0 Å². The third-order valence-corrected chi connectivity index (χ3v) is 4.95. The number of rotatable bonds is 7. The molecule has 0 radical (unpaired) electrons. The molecule has 2 aromatic carbocycles. The van der Waals surface area contributed by atoms with Crippen LogP contribution in [0.2, 0.25) is 0 Å².